The topological polar surface area (TPSA) is 146 Å². The first-order valence-corrected chi connectivity index (χ1v) is 12.0. The van der Waals surface area contributed by atoms with Crippen molar-refractivity contribution in [2.75, 3.05) is 28.6 Å². The molecule has 2 aromatic heterocycles. The van der Waals surface area contributed by atoms with Crippen LogP contribution < -0.4 is 20.3 Å². The number of hydrogen-bond donors (Lipinski definition) is 3. The van der Waals surface area contributed by atoms with E-state index >= 15 is 0 Å². The van der Waals surface area contributed by atoms with Gasteiger partial charge in [0.2, 0.25) is 21.8 Å². The molecule has 11 nitrogen and oxygen atoms in total. The number of aryl methyl sites for hydroxylation is 1. The van der Waals surface area contributed by atoms with Crippen LogP contribution >= 0.6 is 0 Å². The summed E-state index contributed by atoms with van der Waals surface area (Å²) < 4.78 is 27.5. The third-order valence-electron chi connectivity index (χ3n) is 5.02. The number of nitrogens with one attached hydrogen (secondary N) is 3. The second-order valence-corrected chi connectivity index (χ2v) is 9.36. The number of benzene rings is 1. The Bertz CT molecular complexity index is 1280. The van der Waals surface area contributed by atoms with Gasteiger partial charge in [-0.05, 0) is 61.0 Å². The Labute approximate surface area is 196 Å². The van der Waals surface area contributed by atoms with Gasteiger partial charge in [0.15, 0.2) is 5.82 Å². The molecule has 3 N–H and O–H groups in total. The minimum absolute atomic E-state index is 0.0373. The first kappa shape index (κ1) is 23.3. The second kappa shape index (κ2) is 9.93. The molecule has 4 rings (SSSR count). The Hall–Kier alpha value is -3.90. The third kappa shape index (κ3) is 5.53. The minimum atomic E-state index is -3.76. The lowest BCUT2D eigenvalue weighted by molar-refractivity contribution is -0.121. The molecular weight excluding hydrogens is 458 g/mol. The number of rotatable bonds is 9. The van der Waals surface area contributed by atoms with E-state index in [1.165, 1.54) is 24.3 Å². The lowest BCUT2D eigenvalue weighted by Gasteiger charge is -2.14. The van der Waals surface area contributed by atoms with Crippen molar-refractivity contribution in [3.63, 3.8) is 0 Å². The Morgan fingerprint density at radius 1 is 0.882 bits per heavy atom. The number of carbonyl (C=O) groups excluding carboxylic acids is 2. The van der Waals surface area contributed by atoms with Crippen LogP contribution in [-0.4, -0.2) is 48.5 Å². The van der Waals surface area contributed by atoms with E-state index in [0.29, 0.717) is 23.1 Å². The molecule has 0 radical (unpaired) electrons. The smallest absolute Gasteiger partial charge is 0.240 e. The van der Waals surface area contributed by atoms with Crippen LogP contribution in [0.15, 0.2) is 59.6 Å². The van der Waals surface area contributed by atoms with E-state index in [-0.39, 0.29) is 42.6 Å². The predicted octanol–water partition coefficient (Wildman–Crippen LogP) is 1.97. The summed E-state index contributed by atoms with van der Waals surface area (Å²) in [6, 6.07) is 12.9. The van der Waals surface area contributed by atoms with Gasteiger partial charge in [-0.25, -0.2) is 18.1 Å². The fourth-order valence-electron chi connectivity index (χ4n) is 3.33. The van der Waals surface area contributed by atoms with Gasteiger partial charge >= 0.3 is 0 Å². The Morgan fingerprint density at radius 2 is 1.56 bits per heavy atom. The van der Waals surface area contributed by atoms with Crippen molar-refractivity contribution in [1.29, 1.82) is 0 Å². The van der Waals surface area contributed by atoms with E-state index in [1.54, 1.807) is 18.3 Å². The molecule has 1 saturated heterocycles. The van der Waals surface area contributed by atoms with Gasteiger partial charge in [-0.2, -0.15) is 0 Å². The summed E-state index contributed by atoms with van der Waals surface area (Å²) in [7, 11) is -3.76. The average Bonchev–Trinajstić information content (AvgIpc) is 3.16. The fourth-order valence-corrected chi connectivity index (χ4v) is 4.36. The van der Waals surface area contributed by atoms with Gasteiger partial charge in [0.25, 0.3) is 0 Å². The quantitative estimate of drug-likeness (QED) is 0.308. The third-order valence-corrected chi connectivity index (χ3v) is 6.49. The van der Waals surface area contributed by atoms with Crippen molar-refractivity contribution < 1.29 is 18.0 Å². The highest BCUT2D eigenvalue weighted by atomic mass is 32.2. The van der Waals surface area contributed by atoms with E-state index < -0.39 is 10.0 Å². The molecule has 0 bridgehead atoms. The summed E-state index contributed by atoms with van der Waals surface area (Å²) in [4.78, 5) is 29.0. The molecule has 0 saturated carbocycles. The van der Waals surface area contributed by atoms with Gasteiger partial charge in [-0.1, -0.05) is 0 Å². The highest BCUT2D eigenvalue weighted by molar-refractivity contribution is 7.89. The van der Waals surface area contributed by atoms with Gasteiger partial charge in [0, 0.05) is 32.1 Å². The van der Waals surface area contributed by atoms with Crippen molar-refractivity contribution in [2.24, 2.45) is 0 Å². The van der Waals surface area contributed by atoms with Crippen LogP contribution in [0.5, 0.6) is 0 Å². The predicted molar refractivity (Wildman–Crippen MR) is 126 cm³/mol. The van der Waals surface area contributed by atoms with Crippen LogP contribution in [0.3, 0.4) is 0 Å². The number of carbonyl (C=O) groups is 2. The molecule has 3 aromatic rings. The van der Waals surface area contributed by atoms with Crippen molar-refractivity contribution in [3.8, 4) is 0 Å². The minimum Gasteiger partial charge on any atom is -0.367 e. The number of imide groups is 1. The van der Waals surface area contributed by atoms with Gasteiger partial charge in [-0.3, -0.25) is 14.5 Å². The van der Waals surface area contributed by atoms with Crippen LogP contribution in [0.1, 0.15) is 18.4 Å². The van der Waals surface area contributed by atoms with E-state index in [2.05, 4.69) is 30.5 Å². The van der Waals surface area contributed by atoms with Crippen LogP contribution in [0.25, 0.3) is 0 Å². The van der Waals surface area contributed by atoms with E-state index in [0.717, 1.165) is 10.5 Å². The number of hydrogen-bond acceptors (Lipinski definition) is 9. The molecule has 176 valence electrons. The molecule has 1 aliphatic heterocycles. The van der Waals surface area contributed by atoms with Gasteiger partial charge in [0.05, 0.1) is 10.6 Å². The largest absolute Gasteiger partial charge is 0.367 e. The van der Waals surface area contributed by atoms with Crippen molar-refractivity contribution in [3.05, 3.63) is 60.3 Å². The lowest BCUT2D eigenvalue weighted by atomic mass is 10.3. The van der Waals surface area contributed by atoms with Crippen LogP contribution in [0.4, 0.5) is 23.1 Å². The van der Waals surface area contributed by atoms with E-state index in [9.17, 15) is 18.0 Å². The molecule has 1 aromatic carbocycles. The maximum atomic E-state index is 12.5. The zero-order chi connectivity index (χ0) is 24.1. The van der Waals surface area contributed by atoms with Crippen molar-refractivity contribution in [2.45, 2.75) is 24.7 Å². The highest BCUT2D eigenvalue weighted by Crippen LogP contribution is 2.24. The number of aromatic nitrogens is 3. The maximum Gasteiger partial charge on any atom is 0.240 e. The first-order chi connectivity index (χ1) is 16.3. The summed E-state index contributed by atoms with van der Waals surface area (Å²) in [6.45, 7) is 2.37. The fraction of sp³-hybridized carbons (Fsp3) is 0.227. The molecular formula is C22H23N7O4S. The van der Waals surface area contributed by atoms with Gasteiger partial charge < -0.3 is 10.6 Å². The number of pyridine rings is 1. The first-order valence-electron chi connectivity index (χ1n) is 10.5. The molecule has 34 heavy (non-hydrogen) atoms. The Balaban J connectivity index is 1.27. The standard InChI is InChI=1S/C22H23N7O4S/c1-15-10-11-23-20(14-15)26-19-7-6-18(27-28-19)24-12-13-25-34(32,33)17-4-2-16(3-5-17)29-21(30)8-9-22(29)31/h2-7,10-11,14,25H,8-9,12-13H2,1H3,(H,24,27)(H,23,26,28). The van der Waals surface area contributed by atoms with E-state index in [1.807, 2.05) is 19.1 Å². The summed E-state index contributed by atoms with van der Waals surface area (Å²) >= 11 is 0. The molecule has 0 spiro atoms. The molecule has 12 heteroatoms. The van der Waals surface area contributed by atoms with Crippen molar-refractivity contribution in [1.82, 2.24) is 19.9 Å². The second-order valence-electron chi connectivity index (χ2n) is 7.59. The van der Waals surface area contributed by atoms with Crippen LogP contribution in [-0.2, 0) is 19.6 Å². The van der Waals surface area contributed by atoms with Crippen LogP contribution in [0, 0.1) is 6.92 Å². The highest BCUT2D eigenvalue weighted by Gasteiger charge is 2.30. The van der Waals surface area contributed by atoms with Crippen molar-refractivity contribution >= 4 is 45.0 Å². The monoisotopic (exact) mass is 481 g/mol. The zero-order valence-electron chi connectivity index (χ0n) is 18.4. The number of sulfonamides is 1. The van der Waals surface area contributed by atoms with Crippen LogP contribution in [0.2, 0.25) is 0 Å². The Morgan fingerprint density at radius 3 is 2.21 bits per heavy atom. The normalized spacial score (nSPS) is 13.9. The zero-order valence-corrected chi connectivity index (χ0v) is 19.2. The summed E-state index contributed by atoms with van der Waals surface area (Å²) in [6.07, 6.45) is 2.04. The van der Waals surface area contributed by atoms with Gasteiger partial charge in [-0.15, -0.1) is 10.2 Å². The van der Waals surface area contributed by atoms with E-state index in [4.69, 9.17) is 0 Å². The lowest BCUT2D eigenvalue weighted by Crippen LogP contribution is -2.30. The SMILES string of the molecule is Cc1ccnc(Nc2ccc(NCCNS(=O)(=O)c3ccc(N4C(=O)CCC4=O)cc3)nn2)c1. The molecule has 3 heterocycles. The molecule has 0 unspecified atom stereocenters. The molecule has 1 aliphatic rings. The summed E-state index contributed by atoms with van der Waals surface area (Å²) in [5.74, 6) is 1.11. The summed E-state index contributed by atoms with van der Waals surface area (Å²) in [5.41, 5.74) is 1.43. The van der Waals surface area contributed by atoms with Gasteiger partial charge in [0.1, 0.15) is 11.6 Å². The molecule has 2 amide bonds. The summed E-state index contributed by atoms with van der Waals surface area (Å²) in [5, 5.41) is 14.2. The Kier molecular flexibility index (Phi) is 6.80. The molecule has 0 aliphatic carbocycles. The average molecular weight is 482 g/mol. The molecule has 1 fully saturated rings. The number of amides is 2. The number of nitrogens with zero attached hydrogens (tertiary/aromatic N) is 4. The number of anilines is 4. The maximum absolute atomic E-state index is 12.5. The molecule has 0 atom stereocenters.